The lowest BCUT2D eigenvalue weighted by molar-refractivity contribution is -0.123. The van der Waals surface area contributed by atoms with E-state index < -0.39 is 18.0 Å². The summed E-state index contributed by atoms with van der Waals surface area (Å²) in [4.78, 5) is 37.4. The number of benzene rings is 2. The highest BCUT2D eigenvalue weighted by molar-refractivity contribution is 8.00. The molecule has 1 aliphatic rings. The van der Waals surface area contributed by atoms with Gasteiger partial charge in [-0.2, -0.15) is 0 Å². The number of thioether (sulfide) groups is 1. The highest BCUT2D eigenvalue weighted by Crippen LogP contribution is 2.36. The summed E-state index contributed by atoms with van der Waals surface area (Å²) in [5.41, 5.74) is 2.68. The lowest BCUT2D eigenvalue weighted by atomic mass is 10.1. The number of ether oxygens (including phenoxy) is 1. The predicted octanol–water partition coefficient (Wildman–Crippen LogP) is 3.87. The summed E-state index contributed by atoms with van der Waals surface area (Å²) in [6.07, 6.45) is -0.0423. The molecule has 3 rings (SSSR count). The molecule has 0 saturated heterocycles. The molecule has 1 aliphatic heterocycles. The van der Waals surface area contributed by atoms with E-state index in [1.807, 2.05) is 31.2 Å². The summed E-state index contributed by atoms with van der Waals surface area (Å²) in [5.74, 6) is -1.14. The first-order chi connectivity index (χ1) is 13.4. The molecular weight excluding hydrogens is 376 g/mol. The second-order valence-electron chi connectivity index (χ2n) is 6.55. The molecule has 0 aliphatic carbocycles. The zero-order chi connectivity index (χ0) is 20.3. The number of fused-ring (bicyclic) bond motifs is 1. The first kappa shape index (κ1) is 19.9. The summed E-state index contributed by atoms with van der Waals surface area (Å²) < 4.78 is 5.28. The molecular formula is C21H22N2O4S. The fourth-order valence-corrected chi connectivity index (χ4v) is 3.62. The number of carbonyl (C=O) groups is 3. The van der Waals surface area contributed by atoms with Crippen molar-refractivity contribution in [1.29, 1.82) is 0 Å². The molecule has 7 heteroatoms. The molecule has 2 N–H and O–H groups in total. The van der Waals surface area contributed by atoms with Crippen LogP contribution in [-0.4, -0.2) is 29.1 Å². The first-order valence-electron chi connectivity index (χ1n) is 9.09. The van der Waals surface area contributed by atoms with Crippen LogP contribution in [0, 0.1) is 0 Å². The van der Waals surface area contributed by atoms with Crippen LogP contribution in [0.5, 0.6) is 0 Å². The summed E-state index contributed by atoms with van der Waals surface area (Å²) in [5, 5.41) is 5.33. The molecule has 146 valence electrons. The van der Waals surface area contributed by atoms with Gasteiger partial charge in [0.15, 0.2) is 6.10 Å². The topological polar surface area (TPSA) is 84.5 Å². The normalized spacial score (nSPS) is 16.5. The van der Waals surface area contributed by atoms with E-state index in [1.54, 1.807) is 18.2 Å². The number of carbonyl (C=O) groups excluding carboxylic acids is 3. The Labute approximate surface area is 168 Å². The van der Waals surface area contributed by atoms with E-state index >= 15 is 0 Å². The van der Waals surface area contributed by atoms with Crippen LogP contribution in [0.15, 0.2) is 47.4 Å². The van der Waals surface area contributed by atoms with Gasteiger partial charge in [-0.05, 0) is 56.2 Å². The Hall–Kier alpha value is -2.80. The molecule has 0 fully saturated rings. The largest absolute Gasteiger partial charge is 0.449 e. The Morgan fingerprint density at radius 3 is 2.61 bits per heavy atom. The zero-order valence-corrected chi connectivity index (χ0v) is 16.8. The van der Waals surface area contributed by atoms with Gasteiger partial charge in [-0.15, -0.1) is 11.8 Å². The predicted molar refractivity (Wildman–Crippen MR) is 110 cm³/mol. The fourth-order valence-electron chi connectivity index (χ4n) is 2.69. The maximum Gasteiger partial charge on any atom is 0.338 e. The van der Waals surface area contributed by atoms with Gasteiger partial charge in [-0.25, -0.2) is 4.79 Å². The molecule has 6 nitrogen and oxygen atoms in total. The maximum absolute atomic E-state index is 12.4. The molecule has 2 aromatic rings. The minimum Gasteiger partial charge on any atom is -0.449 e. The summed E-state index contributed by atoms with van der Waals surface area (Å²) in [6, 6.07) is 12.5. The molecule has 2 unspecified atom stereocenters. The molecule has 0 saturated carbocycles. The van der Waals surface area contributed by atoms with Crippen LogP contribution in [0.3, 0.4) is 0 Å². The number of rotatable bonds is 5. The molecule has 2 amide bonds. The Kier molecular flexibility index (Phi) is 6.04. The Morgan fingerprint density at radius 2 is 1.93 bits per heavy atom. The minimum atomic E-state index is -0.960. The smallest absolute Gasteiger partial charge is 0.338 e. The van der Waals surface area contributed by atoms with Gasteiger partial charge in [-0.1, -0.05) is 19.1 Å². The van der Waals surface area contributed by atoms with Crippen molar-refractivity contribution in [2.75, 3.05) is 10.6 Å². The summed E-state index contributed by atoms with van der Waals surface area (Å²) in [6.45, 7) is 5.40. The van der Waals surface area contributed by atoms with Gasteiger partial charge >= 0.3 is 5.97 Å². The van der Waals surface area contributed by atoms with Gasteiger partial charge in [0.25, 0.3) is 5.91 Å². The summed E-state index contributed by atoms with van der Waals surface area (Å²) in [7, 11) is 0. The number of hydrogen-bond donors (Lipinski definition) is 2. The van der Waals surface area contributed by atoms with Crippen LogP contribution in [-0.2, 0) is 20.7 Å². The first-order valence-corrected chi connectivity index (χ1v) is 9.97. The average Bonchev–Trinajstić information content (AvgIpc) is 2.69. The van der Waals surface area contributed by atoms with Crippen LogP contribution in [0.25, 0.3) is 0 Å². The van der Waals surface area contributed by atoms with Gasteiger partial charge in [0.2, 0.25) is 5.91 Å². The molecule has 2 aromatic carbocycles. The third-order valence-corrected chi connectivity index (χ3v) is 5.61. The van der Waals surface area contributed by atoms with Crippen LogP contribution in [0.2, 0.25) is 0 Å². The van der Waals surface area contributed by atoms with Crippen molar-refractivity contribution < 1.29 is 19.1 Å². The van der Waals surface area contributed by atoms with E-state index in [-0.39, 0.29) is 16.7 Å². The van der Waals surface area contributed by atoms with Crippen LogP contribution < -0.4 is 10.6 Å². The third kappa shape index (κ3) is 4.54. The molecule has 28 heavy (non-hydrogen) atoms. The van der Waals surface area contributed by atoms with E-state index in [1.165, 1.54) is 24.2 Å². The minimum absolute atomic E-state index is 0.107. The highest BCUT2D eigenvalue weighted by atomic mass is 32.2. The molecule has 1 heterocycles. The van der Waals surface area contributed by atoms with Crippen molar-refractivity contribution in [2.24, 2.45) is 0 Å². The van der Waals surface area contributed by atoms with Crippen LogP contribution in [0.4, 0.5) is 11.4 Å². The number of anilines is 2. The van der Waals surface area contributed by atoms with Crippen molar-refractivity contribution in [2.45, 2.75) is 43.4 Å². The number of hydrogen-bond acceptors (Lipinski definition) is 5. The van der Waals surface area contributed by atoms with E-state index in [2.05, 4.69) is 17.6 Å². The number of esters is 1. The number of nitrogens with one attached hydrogen (secondary N) is 2. The monoisotopic (exact) mass is 398 g/mol. The molecule has 0 aromatic heterocycles. The standard InChI is InChI=1S/C21H22N2O4S/c1-4-14-5-8-16(9-6-14)22-19(24)12(2)27-21(26)15-7-10-18-17(11-15)23-20(25)13(3)28-18/h5-13H,4H2,1-3H3,(H,22,24)(H,23,25). The van der Waals surface area contributed by atoms with Crippen molar-refractivity contribution >= 4 is 40.9 Å². The van der Waals surface area contributed by atoms with Crippen molar-refractivity contribution in [3.8, 4) is 0 Å². The molecule has 0 bridgehead atoms. The zero-order valence-electron chi connectivity index (χ0n) is 15.9. The van der Waals surface area contributed by atoms with Crippen molar-refractivity contribution in [3.63, 3.8) is 0 Å². The van der Waals surface area contributed by atoms with Gasteiger partial charge < -0.3 is 15.4 Å². The van der Waals surface area contributed by atoms with E-state index in [4.69, 9.17) is 4.74 Å². The maximum atomic E-state index is 12.4. The van der Waals surface area contributed by atoms with Gasteiger partial charge in [0.05, 0.1) is 16.5 Å². The van der Waals surface area contributed by atoms with Gasteiger partial charge in [0, 0.05) is 10.6 Å². The van der Waals surface area contributed by atoms with E-state index in [9.17, 15) is 14.4 Å². The van der Waals surface area contributed by atoms with E-state index in [0.717, 1.165) is 11.3 Å². The second-order valence-corrected chi connectivity index (χ2v) is 7.93. The molecule has 0 spiro atoms. The average molecular weight is 398 g/mol. The van der Waals surface area contributed by atoms with Crippen LogP contribution in [0.1, 0.15) is 36.7 Å². The third-order valence-electron chi connectivity index (χ3n) is 4.43. The quantitative estimate of drug-likeness (QED) is 0.747. The van der Waals surface area contributed by atoms with Crippen molar-refractivity contribution in [1.82, 2.24) is 0 Å². The highest BCUT2D eigenvalue weighted by Gasteiger charge is 2.25. The van der Waals surface area contributed by atoms with Gasteiger partial charge in [0.1, 0.15) is 0 Å². The molecule has 2 atom stereocenters. The number of amides is 2. The van der Waals surface area contributed by atoms with E-state index in [0.29, 0.717) is 11.4 Å². The SMILES string of the molecule is CCc1ccc(NC(=O)C(C)OC(=O)c2ccc3c(c2)NC(=O)C(C)S3)cc1. The Balaban J connectivity index is 1.62. The lowest BCUT2D eigenvalue weighted by Crippen LogP contribution is -2.30. The second kappa shape index (κ2) is 8.48. The lowest BCUT2D eigenvalue weighted by Gasteiger charge is -2.22. The molecule has 0 radical (unpaired) electrons. The van der Waals surface area contributed by atoms with Gasteiger partial charge in [-0.3, -0.25) is 9.59 Å². The number of aryl methyl sites for hydroxylation is 1. The fraction of sp³-hybridized carbons (Fsp3) is 0.286. The summed E-state index contributed by atoms with van der Waals surface area (Å²) >= 11 is 1.43. The Bertz CT molecular complexity index is 911. The van der Waals surface area contributed by atoms with Crippen molar-refractivity contribution in [3.05, 3.63) is 53.6 Å². The van der Waals surface area contributed by atoms with Crippen LogP contribution >= 0.6 is 11.8 Å². The Morgan fingerprint density at radius 1 is 1.21 bits per heavy atom.